The van der Waals surface area contributed by atoms with E-state index >= 15 is 9.59 Å². The van der Waals surface area contributed by atoms with Crippen molar-refractivity contribution in [1.29, 1.82) is 0 Å². The van der Waals surface area contributed by atoms with Crippen LogP contribution in [0.25, 0.3) is 22.5 Å². The lowest BCUT2D eigenvalue weighted by Crippen LogP contribution is -2.46. The molecule has 17 nitrogen and oxygen atoms in total. The lowest BCUT2D eigenvalue weighted by Gasteiger charge is -2.32. The highest BCUT2D eigenvalue weighted by molar-refractivity contribution is 6.01. The maximum absolute atomic E-state index is 15.3. The number of hydrogen-bond donors (Lipinski definition) is 2. The molecule has 4 atom stereocenters. The first-order valence-corrected chi connectivity index (χ1v) is 25.4. The second kappa shape index (κ2) is 24.5. The summed E-state index contributed by atoms with van der Waals surface area (Å²) < 4.78 is 28.2. The summed E-state index contributed by atoms with van der Waals surface area (Å²) in [6.07, 6.45) is -1.91. The number of nitrogens with zero attached hydrogens (tertiary/aromatic N) is 3. The first-order chi connectivity index (χ1) is 35.0. The van der Waals surface area contributed by atoms with Crippen LogP contribution in [-0.4, -0.2) is 101 Å². The molecule has 0 spiro atoms. The maximum atomic E-state index is 15.3. The molecule has 0 radical (unpaired) electrons. The topological polar surface area (TPSA) is 219 Å². The molecule has 1 aromatic heterocycles. The lowest BCUT2D eigenvalue weighted by molar-refractivity contribution is -0.146. The number of rotatable bonds is 14. The van der Waals surface area contributed by atoms with E-state index in [1.165, 1.54) is 25.1 Å². The van der Waals surface area contributed by atoms with Gasteiger partial charge in [-0.15, -0.1) is 0 Å². The molecule has 0 aliphatic carbocycles. The van der Waals surface area contributed by atoms with Crippen LogP contribution in [-0.2, 0) is 45.2 Å². The second-order valence-electron chi connectivity index (χ2n) is 22.2. The number of aromatic nitrogens is 2. The summed E-state index contributed by atoms with van der Waals surface area (Å²) in [4.78, 5) is 109. The molecule has 0 unspecified atom stereocenters. The molecule has 0 fully saturated rings. The van der Waals surface area contributed by atoms with Crippen molar-refractivity contribution in [1.82, 2.24) is 25.5 Å². The molecule has 5 rings (SSSR count). The minimum Gasteiger partial charge on any atom is -0.493 e. The summed E-state index contributed by atoms with van der Waals surface area (Å²) in [5, 5.41) is 5.45. The van der Waals surface area contributed by atoms with Crippen molar-refractivity contribution in [3.63, 3.8) is 0 Å². The largest absolute Gasteiger partial charge is 0.514 e. The van der Waals surface area contributed by atoms with Gasteiger partial charge in [0.1, 0.15) is 34.8 Å². The summed E-state index contributed by atoms with van der Waals surface area (Å²) >= 11 is 0. The number of carbonyl (C=O) groups is 7. The van der Waals surface area contributed by atoms with Crippen molar-refractivity contribution in [2.24, 2.45) is 11.8 Å². The number of methoxy groups -OCH3 is 1. The van der Waals surface area contributed by atoms with Crippen molar-refractivity contribution in [2.45, 2.75) is 151 Å². The van der Waals surface area contributed by atoms with Gasteiger partial charge in [-0.3, -0.25) is 19.2 Å². The highest BCUT2D eigenvalue weighted by Gasteiger charge is 2.37. The van der Waals surface area contributed by atoms with Crippen LogP contribution in [0.2, 0.25) is 0 Å². The van der Waals surface area contributed by atoms with Crippen LogP contribution in [0.5, 0.6) is 11.5 Å². The number of carbonyl (C=O) groups excluding carboxylic acids is 7. The van der Waals surface area contributed by atoms with Crippen molar-refractivity contribution in [3.05, 3.63) is 94.3 Å². The van der Waals surface area contributed by atoms with Crippen molar-refractivity contribution in [3.8, 4) is 34.0 Å². The fourth-order valence-corrected chi connectivity index (χ4v) is 8.73. The van der Waals surface area contributed by atoms with E-state index in [9.17, 15) is 24.0 Å². The third kappa shape index (κ3) is 15.9. The fraction of sp³-hybridized carbons (Fsp3) is 0.500. The zero-order chi connectivity index (χ0) is 55.7. The predicted octanol–water partition coefficient (Wildman–Crippen LogP) is 9.94. The molecule has 17 heteroatoms. The van der Waals surface area contributed by atoms with Crippen LogP contribution in [0.15, 0.2) is 60.7 Å². The maximum Gasteiger partial charge on any atom is 0.514 e. The number of ketones is 2. The Bertz CT molecular complexity index is 2740. The van der Waals surface area contributed by atoms with E-state index in [1.807, 2.05) is 31.2 Å². The molecule has 4 aromatic rings. The quantitative estimate of drug-likeness (QED) is 0.0520. The molecule has 2 N–H and O–H groups in total. The van der Waals surface area contributed by atoms with Gasteiger partial charge in [0, 0.05) is 61.4 Å². The predicted molar refractivity (Wildman–Crippen MR) is 283 cm³/mol. The lowest BCUT2D eigenvalue weighted by atomic mass is 9.86. The summed E-state index contributed by atoms with van der Waals surface area (Å²) in [5.74, 6) is -4.22. The smallest absolute Gasteiger partial charge is 0.493 e. The highest BCUT2D eigenvalue weighted by atomic mass is 16.7. The molecule has 2 heterocycles. The van der Waals surface area contributed by atoms with E-state index in [1.54, 1.807) is 92.6 Å². The number of ether oxygens (including phenoxy) is 5. The molecule has 404 valence electrons. The van der Waals surface area contributed by atoms with Gasteiger partial charge in [-0.25, -0.2) is 24.4 Å². The SMILES string of the molecule is CCCOc1ccc2cc1-c1cc(ccc1OC(=O)OC(C)(C)C)C[C@@H](C(=O)OC)NC(=O)[C@H](C)CC(=O)[C@H]2N(C)C(=O)[C@H](CCNC(=O)OC(C)(C)C)CC(=O)c1c(C)nc(-c2ccc(C(C)(C)C)cc2)nc1C. The Morgan fingerprint density at radius 2 is 1.43 bits per heavy atom. The number of alkyl carbamates (subject to hydrolysis) is 1. The van der Waals surface area contributed by atoms with E-state index < -0.39 is 76.7 Å². The Hall–Kier alpha value is -7.17. The molecular weight excluding hydrogens is 959 g/mol. The average molecular weight is 1030 g/mol. The van der Waals surface area contributed by atoms with Gasteiger partial charge in [-0.1, -0.05) is 71.0 Å². The molecule has 0 saturated heterocycles. The Balaban J connectivity index is 1.64. The third-order valence-electron chi connectivity index (χ3n) is 12.4. The number of Topliss-reactive ketones (excluding diaryl/α,β-unsaturated/α-hetero) is 2. The first kappa shape index (κ1) is 58.7. The minimum absolute atomic E-state index is 0.0346. The van der Waals surface area contributed by atoms with Gasteiger partial charge in [-0.05, 0) is 115 Å². The van der Waals surface area contributed by atoms with Crippen LogP contribution in [0, 0.1) is 25.7 Å². The number of fused-ring (bicyclic) bond motifs is 5. The summed E-state index contributed by atoms with van der Waals surface area (Å²) in [7, 11) is 2.65. The molecule has 1 aliphatic rings. The van der Waals surface area contributed by atoms with Crippen molar-refractivity contribution in [2.75, 3.05) is 27.3 Å². The van der Waals surface area contributed by atoms with Crippen LogP contribution in [0.3, 0.4) is 0 Å². The van der Waals surface area contributed by atoms with Crippen LogP contribution in [0.4, 0.5) is 9.59 Å². The molecule has 1 aliphatic heterocycles. The number of likely N-dealkylation sites (N-methyl/N-ethyl adjacent to an activating group) is 1. The molecule has 3 amide bonds. The van der Waals surface area contributed by atoms with Gasteiger partial charge in [0.05, 0.1) is 30.7 Å². The van der Waals surface area contributed by atoms with Crippen molar-refractivity contribution < 1.29 is 57.2 Å². The normalized spacial score (nSPS) is 16.6. The number of esters is 1. The van der Waals surface area contributed by atoms with E-state index in [0.717, 1.165) is 11.1 Å². The summed E-state index contributed by atoms with van der Waals surface area (Å²) in [6.45, 7) is 23.7. The number of aryl methyl sites for hydroxylation is 2. The van der Waals surface area contributed by atoms with E-state index in [4.69, 9.17) is 33.7 Å². The third-order valence-corrected chi connectivity index (χ3v) is 12.4. The van der Waals surface area contributed by atoms with Gasteiger partial charge in [0.25, 0.3) is 0 Å². The van der Waals surface area contributed by atoms with E-state index in [-0.39, 0.29) is 55.6 Å². The molecule has 4 bridgehead atoms. The summed E-state index contributed by atoms with van der Waals surface area (Å²) in [6, 6.07) is 15.2. The second-order valence-corrected chi connectivity index (χ2v) is 22.2. The summed E-state index contributed by atoms with van der Waals surface area (Å²) in [5.41, 5.74) is 2.72. The minimum atomic E-state index is -1.38. The van der Waals surface area contributed by atoms with Gasteiger partial charge in [0.2, 0.25) is 11.8 Å². The molecule has 75 heavy (non-hydrogen) atoms. The molecule has 3 aromatic carbocycles. The molecule has 0 saturated carbocycles. The first-order valence-electron chi connectivity index (χ1n) is 25.4. The van der Waals surface area contributed by atoms with Gasteiger partial charge in [-0.2, -0.15) is 0 Å². The number of nitrogens with one attached hydrogen (secondary N) is 2. The Kier molecular flexibility index (Phi) is 19.1. The van der Waals surface area contributed by atoms with E-state index in [2.05, 4.69) is 31.4 Å². The van der Waals surface area contributed by atoms with Crippen LogP contribution in [0.1, 0.15) is 146 Å². The van der Waals surface area contributed by atoms with Crippen LogP contribution < -0.4 is 20.1 Å². The van der Waals surface area contributed by atoms with Crippen molar-refractivity contribution >= 4 is 41.6 Å². The monoisotopic (exact) mass is 1030 g/mol. The van der Waals surface area contributed by atoms with Gasteiger partial charge in [0.15, 0.2) is 17.4 Å². The fourth-order valence-electron chi connectivity index (χ4n) is 8.73. The Morgan fingerprint density at radius 1 is 0.813 bits per heavy atom. The highest BCUT2D eigenvalue weighted by Crippen LogP contribution is 2.41. The zero-order valence-corrected chi connectivity index (χ0v) is 46.3. The molecular formula is C58H75N5O12. The Morgan fingerprint density at radius 3 is 2.01 bits per heavy atom. The van der Waals surface area contributed by atoms with Crippen LogP contribution >= 0.6 is 0 Å². The Labute approximate surface area is 441 Å². The standard InChI is InChI=1S/C58H75N5O12/c1-16-27-72-46-24-20-38-31-42(46)41-29-36(17-23-47(41)73-55(70)75-58(11,12)13)30-43(53(68)71-15)62-51(66)33(2)28-45(65)49(38)63(14)52(67)39(25-26-59-54(69)74-57(8,9)10)32-44(64)48-34(3)60-50(61-35(48)4)37-18-21-40(22-19-37)56(5,6)7/h17-24,29,31,33,39,43,49H,16,25-28,30,32H2,1-15H3,(H,59,69)(H,62,66)/t33-,39-,43+,49+/m1/s1. The zero-order valence-electron chi connectivity index (χ0n) is 46.3. The average Bonchev–Trinajstić information content (AvgIpc) is 3.31. The van der Waals surface area contributed by atoms with E-state index in [0.29, 0.717) is 51.6 Å². The number of hydrogen-bond acceptors (Lipinski definition) is 14. The van der Waals surface area contributed by atoms with Gasteiger partial charge >= 0.3 is 18.2 Å². The van der Waals surface area contributed by atoms with Gasteiger partial charge < -0.3 is 39.2 Å². The number of amides is 3. The number of benzene rings is 3.